The molecule has 0 atom stereocenters. The van der Waals surface area contributed by atoms with Crippen molar-refractivity contribution in [1.29, 1.82) is 0 Å². The SMILES string of the molecule is C/C(=C\CCCN)c1ccc(F)c(C)c1. The Bertz CT molecular complexity index is 356. The maximum Gasteiger partial charge on any atom is 0.126 e. The third kappa shape index (κ3) is 3.48. The summed E-state index contributed by atoms with van der Waals surface area (Å²) in [5.74, 6) is -0.145. The average molecular weight is 207 g/mol. The molecule has 0 aliphatic rings. The van der Waals surface area contributed by atoms with E-state index in [9.17, 15) is 4.39 Å². The van der Waals surface area contributed by atoms with E-state index in [0.29, 0.717) is 12.1 Å². The van der Waals surface area contributed by atoms with Gasteiger partial charge in [-0.25, -0.2) is 4.39 Å². The maximum absolute atomic E-state index is 13.0. The van der Waals surface area contributed by atoms with Gasteiger partial charge in [0.05, 0.1) is 0 Å². The number of aryl methyl sites for hydroxylation is 1. The van der Waals surface area contributed by atoms with E-state index in [-0.39, 0.29) is 5.82 Å². The summed E-state index contributed by atoms with van der Waals surface area (Å²) in [6, 6.07) is 5.21. The maximum atomic E-state index is 13.0. The Balaban J connectivity index is 2.77. The number of allylic oxidation sites excluding steroid dienone is 2. The van der Waals surface area contributed by atoms with Gasteiger partial charge in [0.1, 0.15) is 5.82 Å². The summed E-state index contributed by atoms with van der Waals surface area (Å²) in [4.78, 5) is 0. The summed E-state index contributed by atoms with van der Waals surface area (Å²) in [6.07, 6.45) is 4.13. The summed E-state index contributed by atoms with van der Waals surface area (Å²) in [5, 5.41) is 0. The van der Waals surface area contributed by atoms with E-state index in [1.165, 1.54) is 11.6 Å². The van der Waals surface area contributed by atoms with Crippen molar-refractivity contribution in [2.45, 2.75) is 26.7 Å². The van der Waals surface area contributed by atoms with Gasteiger partial charge in [-0.2, -0.15) is 0 Å². The molecule has 1 aromatic carbocycles. The fourth-order valence-electron chi connectivity index (χ4n) is 1.44. The molecule has 2 heteroatoms. The second kappa shape index (κ2) is 5.66. The predicted molar refractivity (Wildman–Crippen MR) is 63.1 cm³/mol. The Kier molecular flexibility index (Phi) is 4.50. The number of benzene rings is 1. The van der Waals surface area contributed by atoms with Crippen molar-refractivity contribution in [2.24, 2.45) is 5.73 Å². The van der Waals surface area contributed by atoms with Gasteiger partial charge < -0.3 is 5.73 Å². The van der Waals surface area contributed by atoms with Crippen molar-refractivity contribution in [3.63, 3.8) is 0 Å². The van der Waals surface area contributed by atoms with Gasteiger partial charge in [0.25, 0.3) is 0 Å². The van der Waals surface area contributed by atoms with Crippen molar-refractivity contribution in [3.8, 4) is 0 Å². The number of hydrogen-bond acceptors (Lipinski definition) is 1. The lowest BCUT2D eigenvalue weighted by molar-refractivity contribution is 0.618. The molecule has 0 radical (unpaired) electrons. The van der Waals surface area contributed by atoms with E-state index >= 15 is 0 Å². The van der Waals surface area contributed by atoms with E-state index in [2.05, 4.69) is 6.08 Å². The highest BCUT2D eigenvalue weighted by Crippen LogP contribution is 2.17. The summed E-state index contributed by atoms with van der Waals surface area (Å²) in [7, 11) is 0. The third-order valence-electron chi connectivity index (χ3n) is 2.47. The Morgan fingerprint density at radius 1 is 1.47 bits per heavy atom. The third-order valence-corrected chi connectivity index (χ3v) is 2.47. The quantitative estimate of drug-likeness (QED) is 0.753. The van der Waals surface area contributed by atoms with E-state index < -0.39 is 0 Å². The van der Waals surface area contributed by atoms with Gasteiger partial charge in [-0.3, -0.25) is 0 Å². The molecule has 2 N–H and O–H groups in total. The zero-order chi connectivity index (χ0) is 11.3. The molecule has 0 aliphatic heterocycles. The van der Waals surface area contributed by atoms with Crippen LogP contribution in [0.2, 0.25) is 0 Å². The molecule has 0 saturated carbocycles. The van der Waals surface area contributed by atoms with E-state index in [0.717, 1.165) is 18.4 Å². The van der Waals surface area contributed by atoms with Crippen LogP contribution < -0.4 is 5.73 Å². The van der Waals surface area contributed by atoms with Crippen molar-refractivity contribution in [1.82, 2.24) is 0 Å². The monoisotopic (exact) mass is 207 g/mol. The van der Waals surface area contributed by atoms with Crippen LogP contribution in [0.1, 0.15) is 30.9 Å². The first kappa shape index (κ1) is 11.9. The van der Waals surface area contributed by atoms with Crippen LogP contribution in [0.3, 0.4) is 0 Å². The molecule has 0 aromatic heterocycles. The van der Waals surface area contributed by atoms with Crippen molar-refractivity contribution < 1.29 is 4.39 Å². The number of halogens is 1. The van der Waals surface area contributed by atoms with Crippen molar-refractivity contribution in [2.75, 3.05) is 6.54 Å². The summed E-state index contributed by atoms with van der Waals surface area (Å²) in [5.41, 5.74) is 8.39. The van der Waals surface area contributed by atoms with Gasteiger partial charge in [0.15, 0.2) is 0 Å². The Hall–Kier alpha value is -1.15. The molecule has 82 valence electrons. The molecule has 1 aromatic rings. The fraction of sp³-hybridized carbons (Fsp3) is 0.385. The number of hydrogen-bond donors (Lipinski definition) is 1. The predicted octanol–water partition coefficient (Wildman–Crippen LogP) is 3.28. The second-order valence-electron chi connectivity index (χ2n) is 3.78. The zero-order valence-corrected chi connectivity index (χ0v) is 9.39. The van der Waals surface area contributed by atoms with Gasteiger partial charge in [0.2, 0.25) is 0 Å². The van der Waals surface area contributed by atoms with E-state index in [1.807, 2.05) is 19.1 Å². The van der Waals surface area contributed by atoms with Crippen LogP contribution in [0.4, 0.5) is 4.39 Å². The van der Waals surface area contributed by atoms with Crippen LogP contribution >= 0.6 is 0 Å². The standard InChI is InChI=1S/C13H18FN/c1-10(5-3-4-8-15)12-6-7-13(14)11(2)9-12/h5-7,9H,3-4,8,15H2,1-2H3/b10-5+. The lowest BCUT2D eigenvalue weighted by Gasteiger charge is -2.04. The number of rotatable bonds is 4. The van der Waals surface area contributed by atoms with Crippen LogP contribution in [0.5, 0.6) is 0 Å². The highest BCUT2D eigenvalue weighted by atomic mass is 19.1. The smallest absolute Gasteiger partial charge is 0.126 e. The fourth-order valence-corrected chi connectivity index (χ4v) is 1.44. The van der Waals surface area contributed by atoms with Crippen LogP contribution in [-0.2, 0) is 0 Å². The molecule has 0 amide bonds. The second-order valence-corrected chi connectivity index (χ2v) is 3.78. The normalized spacial score (nSPS) is 11.9. The molecular weight excluding hydrogens is 189 g/mol. The minimum absolute atomic E-state index is 0.145. The van der Waals surface area contributed by atoms with Gasteiger partial charge in [-0.1, -0.05) is 12.1 Å². The Labute approximate surface area is 90.8 Å². The molecule has 0 unspecified atom stereocenters. The van der Waals surface area contributed by atoms with E-state index in [4.69, 9.17) is 5.73 Å². The average Bonchev–Trinajstić information content (AvgIpc) is 2.22. The molecule has 1 nitrogen and oxygen atoms in total. The highest BCUT2D eigenvalue weighted by molar-refractivity contribution is 5.64. The molecule has 0 bridgehead atoms. The summed E-state index contributed by atoms with van der Waals surface area (Å²) >= 11 is 0. The van der Waals surface area contributed by atoms with Gasteiger partial charge >= 0.3 is 0 Å². The Morgan fingerprint density at radius 2 is 2.20 bits per heavy atom. The van der Waals surface area contributed by atoms with Crippen LogP contribution in [0, 0.1) is 12.7 Å². The van der Waals surface area contributed by atoms with E-state index in [1.54, 1.807) is 6.92 Å². The molecule has 0 aliphatic carbocycles. The lowest BCUT2D eigenvalue weighted by Crippen LogP contribution is -1.96. The number of nitrogens with two attached hydrogens (primary N) is 1. The minimum Gasteiger partial charge on any atom is -0.330 e. The van der Waals surface area contributed by atoms with Crippen molar-refractivity contribution >= 4 is 5.57 Å². The topological polar surface area (TPSA) is 26.0 Å². The van der Waals surface area contributed by atoms with Gasteiger partial charge in [-0.05, 0) is 62.1 Å². The lowest BCUT2D eigenvalue weighted by atomic mass is 10.0. The molecule has 0 heterocycles. The van der Waals surface area contributed by atoms with Gasteiger partial charge in [0, 0.05) is 0 Å². The van der Waals surface area contributed by atoms with Crippen LogP contribution in [0.25, 0.3) is 5.57 Å². The zero-order valence-electron chi connectivity index (χ0n) is 9.39. The molecule has 0 fully saturated rings. The molecule has 1 rings (SSSR count). The molecule has 15 heavy (non-hydrogen) atoms. The molecular formula is C13H18FN. The summed E-state index contributed by atoms with van der Waals surface area (Å²) < 4.78 is 13.0. The first-order chi connectivity index (χ1) is 7.15. The highest BCUT2D eigenvalue weighted by Gasteiger charge is 2.00. The Morgan fingerprint density at radius 3 is 2.80 bits per heavy atom. The summed E-state index contributed by atoms with van der Waals surface area (Å²) in [6.45, 7) is 4.54. The van der Waals surface area contributed by atoms with Crippen LogP contribution in [0.15, 0.2) is 24.3 Å². The minimum atomic E-state index is -0.145. The van der Waals surface area contributed by atoms with Crippen molar-refractivity contribution in [3.05, 3.63) is 41.2 Å². The van der Waals surface area contributed by atoms with Gasteiger partial charge in [-0.15, -0.1) is 0 Å². The first-order valence-corrected chi connectivity index (χ1v) is 5.28. The van der Waals surface area contributed by atoms with Crippen LogP contribution in [-0.4, -0.2) is 6.54 Å². The first-order valence-electron chi connectivity index (χ1n) is 5.28. The molecule has 0 saturated heterocycles. The number of unbranched alkanes of at least 4 members (excludes halogenated alkanes) is 1. The molecule has 0 spiro atoms. The largest absolute Gasteiger partial charge is 0.330 e.